The van der Waals surface area contributed by atoms with Crippen molar-refractivity contribution >= 4 is 11.7 Å². The number of nitrogens with zero attached hydrogens (tertiary/aromatic N) is 4. The molecule has 0 spiro atoms. The van der Waals surface area contributed by atoms with Gasteiger partial charge in [0.25, 0.3) is 0 Å². The SMILES string of the molecule is Cc1ccc(C23CC4CC(CC(C(=O)N5CCN(c6cnccn6)CC5)(C4)C2)C3)cc1C. The van der Waals surface area contributed by atoms with Gasteiger partial charge in [0, 0.05) is 38.6 Å². The summed E-state index contributed by atoms with van der Waals surface area (Å²) in [5.41, 5.74) is 4.32. The first kappa shape index (κ1) is 20.2. The zero-order valence-corrected chi connectivity index (χ0v) is 19.4. The second-order valence-corrected chi connectivity index (χ2v) is 11.2. The van der Waals surface area contributed by atoms with E-state index < -0.39 is 0 Å². The number of carbonyl (C=O) groups excluding carboxylic acids is 1. The van der Waals surface area contributed by atoms with Gasteiger partial charge in [0.15, 0.2) is 0 Å². The van der Waals surface area contributed by atoms with E-state index in [0.717, 1.165) is 51.3 Å². The molecule has 4 bridgehead atoms. The fourth-order valence-electron chi connectivity index (χ4n) is 7.85. The maximum Gasteiger partial charge on any atom is 0.228 e. The molecule has 0 radical (unpaired) electrons. The van der Waals surface area contributed by atoms with Gasteiger partial charge < -0.3 is 9.80 Å². The molecule has 5 fully saturated rings. The maximum absolute atomic E-state index is 14.1. The van der Waals surface area contributed by atoms with E-state index in [4.69, 9.17) is 0 Å². The van der Waals surface area contributed by atoms with Crippen molar-refractivity contribution in [2.24, 2.45) is 17.3 Å². The van der Waals surface area contributed by atoms with Crippen LogP contribution in [0.25, 0.3) is 0 Å². The standard InChI is InChI=1S/C27H34N4O/c1-19-3-4-23(11-20(19)2)26-13-21-12-22(14-26)16-27(15-21,18-26)25(32)31-9-7-30(8-10-31)24-17-28-5-6-29-24/h3-6,11,17,21-22H,7-10,12-16,18H2,1-2H3. The average Bonchev–Trinajstić information content (AvgIpc) is 2.80. The number of amides is 1. The summed E-state index contributed by atoms with van der Waals surface area (Å²) in [4.78, 5) is 27.1. The number of benzene rings is 1. The molecule has 32 heavy (non-hydrogen) atoms. The van der Waals surface area contributed by atoms with Gasteiger partial charge in [-0.2, -0.15) is 0 Å². The van der Waals surface area contributed by atoms with Gasteiger partial charge in [-0.15, -0.1) is 0 Å². The Labute approximate surface area is 191 Å². The Morgan fingerprint density at radius 3 is 2.38 bits per heavy atom. The van der Waals surface area contributed by atoms with Gasteiger partial charge in [-0.3, -0.25) is 9.78 Å². The van der Waals surface area contributed by atoms with E-state index in [1.165, 1.54) is 36.0 Å². The molecule has 5 nitrogen and oxygen atoms in total. The monoisotopic (exact) mass is 430 g/mol. The lowest BCUT2D eigenvalue weighted by Gasteiger charge is -2.62. The van der Waals surface area contributed by atoms with Gasteiger partial charge in [0.1, 0.15) is 5.82 Å². The number of aryl methyl sites for hydroxylation is 2. The number of piperazine rings is 1. The quantitative estimate of drug-likeness (QED) is 0.729. The zero-order chi connectivity index (χ0) is 21.9. The van der Waals surface area contributed by atoms with Crippen molar-refractivity contribution in [3.8, 4) is 0 Å². The molecule has 4 saturated carbocycles. The number of aromatic nitrogens is 2. The van der Waals surface area contributed by atoms with E-state index in [-0.39, 0.29) is 10.8 Å². The Bertz CT molecular complexity index is 1010. The summed E-state index contributed by atoms with van der Waals surface area (Å²) in [5, 5.41) is 0. The van der Waals surface area contributed by atoms with Gasteiger partial charge in [0.05, 0.1) is 11.6 Å². The summed E-state index contributed by atoms with van der Waals surface area (Å²) in [6, 6.07) is 7.09. The predicted molar refractivity (Wildman–Crippen MR) is 126 cm³/mol. The number of carbonyl (C=O) groups is 1. The van der Waals surface area contributed by atoms with Crippen LogP contribution in [0.3, 0.4) is 0 Å². The summed E-state index contributed by atoms with van der Waals surface area (Å²) >= 11 is 0. The zero-order valence-electron chi connectivity index (χ0n) is 19.4. The molecule has 2 aromatic rings. The largest absolute Gasteiger partial charge is 0.352 e. The molecule has 5 heteroatoms. The molecule has 4 aliphatic carbocycles. The normalized spacial score (nSPS) is 33.6. The number of hydrogen-bond acceptors (Lipinski definition) is 4. The van der Waals surface area contributed by atoms with Crippen LogP contribution in [0.15, 0.2) is 36.8 Å². The van der Waals surface area contributed by atoms with Crippen LogP contribution in [-0.4, -0.2) is 47.0 Å². The Morgan fingerprint density at radius 1 is 0.969 bits per heavy atom. The van der Waals surface area contributed by atoms with Gasteiger partial charge in [-0.25, -0.2) is 4.98 Å². The van der Waals surface area contributed by atoms with Crippen LogP contribution in [0, 0.1) is 31.1 Å². The summed E-state index contributed by atoms with van der Waals surface area (Å²) in [6.07, 6.45) is 12.4. The Morgan fingerprint density at radius 2 is 1.72 bits per heavy atom. The highest BCUT2D eigenvalue weighted by Gasteiger charge is 2.61. The molecule has 2 unspecified atom stereocenters. The summed E-state index contributed by atoms with van der Waals surface area (Å²) in [6.45, 7) is 7.71. The summed E-state index contributed by atoms with van der Waals surface area (Å²) in [5.74, 6) is 2.78. The topological polar surface area (TPSA) is 49.3 Å². The van der Waals surface area contributed by atoms with Crippen LogP contribution in [0.4, 0.5) is 5.82 Å². The van der Waals surface area contributed by atoms with Gasteiger partial charge in [-0.1, -0.05) is 18.2 Å². The van der Waals surface area contributed by atoms with E-state index in [0.29, 0.717) is 17.7 Å². The second-order valence-electron chi connectivity index (χ2n) is 11.2. The molecular formula is C27H34N4O. The van der Waals surface area contributed by atoms with Crippen LogP contribution in [0.1, 0.15) is 55.2 Å². The summed E-state index contributed by atoms with van der Waals surface area (Å²) in [7, 11) is 0. The molecule has 1 saturated heterocycles. The van der Waals surface area contributed by atoms with E-state index in [1.807, 2.05) is 6.20 Å². The lowest BCUT2D eigenvalue weighted by molar-refractivity contribution is -0.160. The van der Waals surface area contributed by atoms with Crippen molar-refractivity contribution in [2.75, 3.05) is 31.1 Å². The minimum absolute atomic E-state index is 0.141. The minimum Gasteiger partial charge on any atom is -0.352 e. The highest BCUT2D eigenvalue weighted by molar-refractivity contribution is 5.84. The third kappa shape index (κ3) is 3.15. The third-order valence-electron chi connectivity index (χ3n) is 9.07. The second kappa shape index (κ2) is 7.29. The van der Waals surface area contributed by atoms with Crippen LogP contribution < -0.4 is 4.90 Å². The Balaban J connectivity index is 1.24. The Hall–Kier alpha value is -2.43. The third-order valence-corrected chi connectivity index (χ3v) is 9.07. The van der Waals surface area contributed by atoms with Crippen molar-refractivity contribution in [1.29, 1.82) is 0 Å². The first-order valence-electron chi connectivity index (χ1n) is 12.3. The van der Waals surface area contributed by atoms with Crippen molar-refractivity contribution in [2.45, 2.75) is 57.8 Å². The molecule has 5 aliphatic rings. The minimum atomic E-state index is -0.141. The maximum atomic E-state index is 14.1. The van der Waals surface area contributed by atoms with Gasteiger partial charge in [-0.05, 0) is 86.3 Å². The first-order valence-corrected chi connectivity index (χ1v) is 12.3. The first-order chi connectivity index (χ1) is 15.5. The molecular weight excluding hydrogens is 396 g/mol. The number of anilines is 1. The number of rotatable bonds is 3. The predicted octanol–water partition coefficient (Wildman–Crippen LogP) is 4.28. The average molecular weight is 431 g/mol. The molecule has 168 valence electrons. The van der Waals surface area contributed by atoms with Crippen LogP contribution in [-0.2, 0) is 10.2 Å². The lowest BCUT2D eigenvalue weighted by atomic mass is 9.42. The summed E-state index contributed by atoms with van der Waals surface area (Å²) < 4.78 is 0. The van der Waals surface area contributed by atoms with E-state index in [2.05, 4.69) is 51.8 Å². The highest BCUT2D eigenvalue weighted by atomic mass is 16.2. The lowest BCUT2D eigenvalue weighted by Crippen LogP contribution is -2.61. The van der Waals surface area contributed by atoms with Crippen LogP contribution >= 0.6 is 0 Å². The van der Waals surface area contributed by atoms with Crippen molar-refractivity contribution < 1.29 is 4.79 Å². The smallest absolute Gasteiger partial charge is 0.228 e. The molecule has 1 aliphatic heterocycles. The highest BCUT2D eigenvalue weighted by Crippen LogP contribution is 2.66. The van der Waals surface area contributed by atoms with Gasteiger partial charge in [0.2, 0.25) is 5.91 Å². The fraction of sp³-hybridized carbons (Fsp3) is 0.593. The van der Waals surface area contributed by atoms with Crippen molar-refractivity contribution in [1.82, 2.24) is 14.9 Å². The molecule has 1 amide bonds. The molecule has 1 aromatic carbocycles. The van der Waals surface area contributed by atoms with E-state index in [9.17, 15) is 4.79 Å². The van der Waals surface area contributed by atoms with E-state index >= 15 is 0 Å². The van der Waals surface area contributed by atoms with Crippen LogP contribution in [0.5, 0.6) is 0 Å². The van der Waals surface area contributed by atoms with Crippen molar-refractivity contribution in [3.05, 3.63) is 53.5 Å². The van der Waals surface area contributed by atoms with Crippen LogP contribution in [0.2, 0.25) is 0 Å². The molecule has 2 atom stereocenters. The van der Waals surface area contributed by atoms with E-state index in [1.54, 1.807) is 12.4 Å². The van der Waals surface area contributed by atoms with Crippen molar-refractivity contribution in [3.63, 3.8) is 0 Å². The molecule has 7 rings (SSSR count). The molecule has 1 aromatic heterocycles. The van der Waals surface area contributed by atoms with Gasteiger partial charge >= 0.3 is 0 Å². The molecule has 0 N–H and O–H groups in total. The molecule has 2 heterocycles. The Kier molecular flexibility index (Phi) is 4.60. The fourth-order valence-corrected chi connectivity index (χ4v) is 7.85. The number of hydrogen-bond donors (Lipinski definition) is 0.